The molecule has 2 aromatic rings. The molecule has 0 heterocycles. The molecule has 0 bridgehead atoms. The number of amides is 1. The molecule has 5 nitrogen and oxygen atoms in total. The lowest BCUT2D eigenvalue weighted by Crippen LogP contribution is -2.13. The Bertz CT molecular complexity index is 918. The molecule has 2 aromatic carbocycles. The normalized spacial score (nSPS) is 11.1. The maximum absolute atomic E-state index is 12.4. The van der Waals surface area contributed by atoms with E-state index in [0.717, 1.165) is 0 Å². The Hall–Kier alpha value is -2.49. The first-order valence-corrected chi connectivity index (χ1v) is 9.82. The lowest BCUT2D eigenvalue weighted by molar-refractivity contribution is -0.112. The molecule has 0 aliphatic rings. The molecule has 1 amide bonds. The zero-order chi connectivity index (χ0) is 20.7. The van der Waals surface area contributed by atoms with E-state index in [0.29, 0.717) is 38.9 Å². The SMILES string of the molecule is CCOc1cc(/C=C(\C#N)C(=O)Nc2ccc(Cl)cc2)cc(Br)c1OC(C)C. The molecular weight excluding hydrogens is 444 g/mol. The predicted octanol–water partition coefficient (Wildman–Crippen LogP) is 5.83. The summed E-state index contributed by atoms with van der Waals surface area (Å²) in [6.45, 7) is 6.17. The van der Waals surface area contributed by atoms with Crippen LogP contribution in [0.25, 0.3) is 6.08 Å². The first kappa shape index (κ1) is 21.8. The zero-order valence-electron chi connectivity index (χ0n) is 15.8. The van der Waals surface area contributed by atoms with Crippen molar-refractivity contribution >= 4 is 45.2 Å². The molecule has 1 N–H and O–H groups in total. The van der Waals surface area contributed by atoms with Crippen LogP contribution >= 0.6 is 27.5 Å². The highest BCUT2D eigenvalue weighted by molar-refractivity contribution is 9.10. The number of carbonyl (C=O) groups excluding carboxylic acids is 1. The Labute approximate surface area is 178 Å². The smallest absolute Gasteiger partial charge is 0.266 e. The third-order valence-corrected chi connectivity index (χ3v) is 4.30. The molecule has 2 rings (SSSR count). The van der Waals surface area contributed by atoms with E-state index in [-0.39, 0.29) is 11.7 Å². The molecule has 0 saturated heterocycles. The van der Waals surface area contributed by atoms with Crippen molar-refractivity contribution in [2.45, 2.75) is 26.9 Å². The second-order valence-corrected chi connectivity index (χ2v) is 7.35. The van der Waals surface area contributed by atoms with Crippen LogP contribution in [0.3, 0.4) is 0 Å². The summed E-state index contributed by atoms with van der Waals surface area (Å²) < 4.78 is 12.1. The van der Waals surface area contributed by atoms with E-state index in [1.165, 1.54) is 6.08 Å². The summed E-state index contributed by atoms with van der Waals surface area (Å²) in [5, 5.41) is 12.7. The van der Waals surface area contributed by atoms with Crippen LogP contribution in [-0.2, 0) is 4.79 Å². The minimum Gasteiger partial charge on any atom is -0.490 e. The number of nitriles is 1. The average molecular weight is 464 g/mol. The molecule has 0 spiro atoms. The quantitative estimate of drug-likeness (QED) is 0.414. The summed E-state index contributed by atoms with van der Waals surface area (Å²) in [4.78, 5) is 12.4. The van der Waals surface area contributed by atoms with Crippen LogP contribution in [0, 0.1) is 11.3 Å². The largest absolute Gasteiger partial charge is 0.490 e. The third kappa shape index (κ3) is 6.01. The van der Waals surface area contributed by atoms with Gasteiger partial charge in [0.15, 0.2) is 11.5 Å². The van der Waals surface area contributed by atoms with E-state index in [1.807, 2.05) is 26.8 Å². The van der Waals surface area contributed by atoms with Crippen molar-refractivity contribution in [2.75, 3.05) is 11.9 Å². The van der Waals surface area contributed by atoms with Crippen LogP contribution < -0.4 is 14.8 Å². The molecule has 28 heavy (non-hydrogen) atoms. The van der Waals surface area contributed by atoms with Crippen molar-refractivity contribution in [1.29, 1.82) is 5.26 Å². The van der Waals surface area contributed by atoms with Crippen molar-refractivity contribution in [3.8, 4) is 17.6 Å². The van der Waals surface area contributed by atoms with Gasteiger partial charge in [-0.25, -0.2) is 0 Å². The first-order valence-electron chi connectivity index (χ1n) is 8.65. The van der Waals surface area contributed by atoms with Gasteiger partial charge in [0, 0.05) is 10.7 Å². The number of halogens is 2. The highest BCUT2D eigenvalue weighted by Gasteiger charge is 2.15. The van der Waals surface area contributed by atoms with Gasteiger partial charge in [-0.1, -0.05) is 11.6 Å². The first-order chi connectivity index (χ1) is 13.3. The molecule has 0 radical (unpaired) electrons. The summed E-state index contributed by atoms with van der Waals surface area (Å²) in [5.41, 5.74) is 1.14. The van der Waals surface area contributed by atoms with Crippen molar-refractivity contribution < 1.29 is 14.3 Å². The van der Waals surface area contributed by atoms with Gasteiger partial charge in [-0.05, 0) is 84.7 Å². The highest BCUT2D eigenvalue weighted by Crippen LogP contribution is 2.38. The van der Waals surface area contributed by atoms with Gasteiger partial charge < -0.3 is 14.8 Å². The fourth-order valence-electron chi connectivity index (χ4n) is 2.33. The number of rotatable bonds is 7. The predicted molar refractivity (Wildman–Crippen MR) is 115 cm³/mol. The Kier molecular flexibility index (Phi) is 7.91. The van der Waals surface area contributed by atoms with Gasteiger partial charge in [0.25, 0.3) is 5.91 Å². The van der Waals surface area contributed by atoms with Crippen LogP contribution in [0.5, 0.6) is 11.5 Å². The number of benzene rings is 2. The molecule has 0 aliphatic heterocycles. The summed E-state index contributed by atoms with van der Waals surface area (Å²) in [6, 6.07) is 12.1. The number of hydrogen-bond acceptors (Lipinski definition) is 4. The zero-order valence-corrected chi connectivity index (χ0v) is 18.1. The Morgan fingerprint density at radius 2 is 2.00 bits per heavy atom. The summed E-state index contributed by atoms with van der Waals surface area (Å²) in [5.74, 6) is 0.603. The van der Waals surface area contributed by atoms with E-state index in [9.17, 15) is 10.1 Å². The molecule has 146 valence electrons. The number of ether oxygens (including phenoxy) is 2. The molecule has 0 aliphatic carbocycles. The van der Waals surface area contributed by atoms with Crippen LogP contribution in [0.1, 0.15) is 26.3 Å². The second kappa shape index (κ2) is 10.2. The van der Waals surface area contributed by atoms with E-state index in [1.54, 1.807) is 36.4 Å². The standard InChI is InChI=1S/C21H20BrClN2O3/c1-4-27-19-11-14(10-18(22)20(19)28-13(2)3)9-15(12-24)21(26)25-17-7-5-16(23)6-8-17/h5-11,13H,4H2,1-3H3,(H,25,26)/b15-9+. The molecule has 0 saturated carbocycles. The van der Waals surface area contributed by atoms with Crippen LogP contribution in [0.15, 0.2) is 46.4 Å². The minimum absolute atomic E-state index is 0.0308. The molecule has 0 unspecified atom stereocenters. The molecule has 7 heteroatoms. The van der Waals surface area contributed by atoms with E-state index in [2.05, 4.69) is 21.2 Å². The third-order valence-electron chi connectivity index (χ3n) is 3.46. The Balaban J connectivity index is 2.33. The van der Waals surface area contributed by atoms with Crippen molar-refractivity contribution in [2.24, 2.45) is 0 Å². The highest BCUT2D eigenvalue weighted by atomic mass is 79.9. The number of nitrogens with zero attached hydrogens (tertiary/aromatic N) is 1. The lowest BCUT2D eigenvalue weighted by Gasteiger charge is -2.17. The number of nitrogens with one attached hydrogen (secondary N) is 1. The number of carbonyl (C=O) groups is 1. The van der Waals surface area contributed by atoms with Crippen molar-refractivity contribution in [3.05, 3.63) is 57.0 Å². The summed E-state index contributed by atoms with van der Waals surface area (Å²) >= 11 is 9.32. The van der Waals surface area contributed by atoms with Gasteiger partial charge in [-0.2, -0.15) is 5.26 Å². The van der Waals surface area contributed by atoms with Crippen LogP contribution in [0.2, 0.25) is 5.02 Å². The van der Waals surface area contributed by atoms with Gasteiger partial charge >= 0.3 is 0 Å². The maximum Gasteiger partial charge on any atom is 0.266 e. The van der Waals surface area contributed by atoms with Gasteiger partial charge in [0.05, 0.1) is 17.2 Å². The Morgan fingerprint density at radius 1 is 1.32 bits per heavy atom. The number of hydrogen-bond donors (Lipinski definition) is 1. The summed E-state index contributed by atoms with van der Waals surface area (Å²) in [6.07, 6.45) is 1.47. The second-order valence-electron chi connectivity index (χ2n) is 6.06. The Morgan fingerprint density at radius 3 is 2.57 bits per heavy atom. The average Bonchev–Trinajstić information content (AvgIpc) is 2.64. The molecule has 0 atom stereocenters. The summed E-state index contributed by atoms with van der Waals surface area (Å²) in [7, 11) is 0. The fourth-order valence-corrected chi connectivity index (χ4v) is 3.01. The topological polar surface area (TPSA) is 71.3 Å². The van der Waals surface area contributed by atoms with E-state index < -0.39 is 5.91 Å². The lowest BCUT2D eigenvalue weighted by atomic mass is 10.1. The molecule has 0 aromatic heterocycles. The minimum atomic E-state index is -0.513. The van der Waals surface area contributed by atoms with Gasteiger partial charge in [0.2, 0.25) is 0 Å². The van der Waals surface area contributed by atoms with E-state index in [4.69, 9.17) is 21.1 Å². The van der Waals surface area contributed by atoms with Crippen LogP contribution in [-0.4, -0.2) is 18.6 Å². The monoisotopic (exact) mass is 462 g/mol. The van der Waals surface area contributed by atoms with Gasteiger partial charge in [0.1, 0.15) is 11.6 Å². The number of anilines is 1. The van der Waals surface area contributed by atoms with Crippen molar-refractivity contribution in [3.63, 3.8) is 0 Å². The molecule has 0 fully saturated rings. The van der Waals surface area contributed by atoms with Gasteiger partial charge in [-0.3, -0.25) is 4.79 Å². The van der Waals surface area contributed by atoms with E-state index >= 15 is 0 Å². The van der Waals surface area contributed by atoms with Crippen molar-refractivity contribution in [1.82, 2.24) is 0 Å². The maximum atomic E-state index is 12.4. The fraction of sp³-hybridized carbons (Fsp3) is 0.238. The van der Waals surface area contributed by atoms with Gasteiger partial charge in [-0.15, -0.1) is 0 Å². The van der Waals surface area contributed by atoms with Crippen LogP contribution in [0.4, 0.5) is 5.69 Å². The molecular formula is C21H20BrClN2O3.